The maximum atomic E-state index is 10.7. The van der Waals surface area contributed by atoms with Crippen molar-refractivity contribution in [1.82, 2.24) is 14.9 Å². The van der Waals surface area contributed by atoms with Crippen molar-refractivity contribution in [2.75, 3.05) is 12.4 Å². The monoisotopic (exact) mass is 381 g/mol. The largest absolute Gasteiger partial charge is 0.394 e. The number of aromatic nitrogens is 3. The van der Waals surface area contributed by atoms with Gasteiger partial charge in [0.2, 0.25) is 5.16 Å². The molecule has 0 bridgehead atoms. The number of hydrogen-bond acceptors (Lipinski definition) is 10. The van der Waals surface area contributed by atoms with Crippen molar-refractivity contribution < 1.29 is 25.3 Å². The zero-order valence-corrected chi connectivity index (χ0v) is 14.0. The third kappa shape index (κ3) is 3.45. The molecule has 1 aromatic heterocycles. The maximum Gasteiger partial charge on any atom is 0.269 e. The smallest absolute Gasteiger partial charge is 0.269 e. The van der Waals surface area contributed by atoms with Gasteiger partial charge in [-0.25, -0.2) is 0 Å². The lowest BCUT2D eigenvalue weighted by Gasteiger charge is -2.21. The van der Waals surface area contributed by atoms with E-state index < -0.39 is 29.8 Å². The minimum Gasteiger partial charge on any atom is -0.394 e. The molecule has 0 saturated carbocycles. The van der Waals surface area contributed by atoms with Crippen LogP contribution in [0.4, 0.5) is 5.69 Å². The Balaban J connectivity index is 1.91. The number of rotatable bonds is 6. The molecule has 138 valence electrons. The van der Waals surface area contributed by atoms with E-state index in [2.05, 4.69) is 15.3 Å². The molecule has 0 amide bonds. The summed E-state index contributed by atoms with van der Waals surface area (Å²) in [5.74, 6) is 0.347. The number of benzene rings is 1. The quantitative estimate of drug-likeness (QED) is 0.373. The van der Waals surface area contributed by atoms with Crippen molar-refractivity contribution in [3.8, 4) is 0 Å². The highest BCUT2D eigenvalue weighted by Crippen LogP contribution is 2.28. The van der Waals surface area contributed by atoms with E-state index in [1.165, 1.54) is 28.6 Å². The number of aliphatic hydroxyl groups excluding tert-OH is 4. The first kappa shape index (κ1) is 18.4. The van der Waals surface area contributed by atoms with Gasteiger partial charge in [-0.1, -0.05) is 11.8 Å². The van der Waals surface area contributed by atoms with Gasteiger partial charge in [-0.15, -0.1) is 10.2 Å². The van der Waals surface area contributed by atoms with Crippen LogP contribution in [-0.2, 0) is 0 Å². The topological polar surface area (TPSA) is 167 Å². The molecule has 1 aliphatic heterocycles. The first-order chi connectivity index (χ1) is 12.4. The molecule has 12 heteroatoms. The molecule has 1 aromatic carbocycles. The first-order valence-electron chi connectivity index (χ1n) is 7.48. The van der Waals surface area contributed by atoms with E-state index in [1.54, 1.807) is 12.1 Å². The van der Waals surface area contributed by atoms with E-state index in [9.17, 15) is 25.4 Å². The number of nitro benzene ring substituents is 1. The average Bonchev–Trinajstić information content (AvgIpc) is 3.09. The summed E-state index contributed by atoms with van der Waals surface area (Å²) < 4.78 is 1.24. The van der Waals surface area contributed by atoms with E-state index in [0.29, 0.717) is 22.2 Å². The number of aliphatic hydroxyl groups is 4. The van der Waals surface area contributed by atoms with E-state index >= 15 is 0 Å². The Hall–Kier alpha value is -2.38. The zero-order valence-electron chi connectivity index (χ0n) is 13.2. The highest BCUT2D eigenvalue weighted by molar-refractivity contribution is 7.99. The standard InChI is InChI=1S/C14H15N5O6S/c20-5-10(21)11(22)12(23)13-15-16-14-18(13)17-9(6-26-14)7-1-3-8(4-2-7)19(24)25/h1-4,10-12,20-23H,5-6H2. The van der Waals surface area contributed by atoms with Crippen LogP contribution in [0.15, 0.2) is 34.5 Å². The predicted molar refractivity (Wildman–Crippen MR) is 89.8 cm³/mol. The summed E-state index contributed by atoms with van der Waals surface area (Å²) in [6.07, 6.45) is -4.83. The van der Waals surface area contributed by atoms with Gasteiger partial charge in [0, 0.05) is 17.9 Å². The van der Waals surface area contributed by atoms with E-state index in [1.807, 2.05) is 0 Å². The SMILES string of the molecule is O=[N+]([O-])c1ccc(C2=Nn3c(nnc3C(O)C(O)C(O)CO)SC2)cc1. The Morgan fingerprint density at radius 1 is 1.23 bits per heavy atom. The first-order valence-corrected chi connectivity index (χ1v) is 8.46. The summed E-state index contributed by atoms with van der Waals surface area (Å²) in [6, 6.07) is 5.85. The Morgan fingerprint density at radius 3 is 2.54 bits per heavy atom. The Morgan fingerprint density at radius 2 is 1.92 bits per heavy atom. The Kier molecular flexibility index (Phi) is 5.29. The number of thioether (sulfide) groups is 1. The molecule has 1 aliphatic rings. The molecule has 0 spiro atoms. The maximum absolute atomic E-state index is 10.7. The van der Waals surface area contributed by atoms with Crippen molar-refractivity contribution in [3.05, 3.63) is 45.8 Å². The molecular weight excluding hydrogens is 366 g/mol. The predicted octanol–water partition coefficient (Wildman–Crippen LogP) is -0.708. The second-order valence-electron chi connectivity index (χ2n) is 5.48. The summed E-state index contributed by atoms with van der Waals surface area (Å²) in [5.41, 5.74) is 1.18. The van der Waals surface area contributed by atoms with Crippen molar-refractivity contribution in [1.29, 1.82) is 0 Å². The average molecular weight is 381 g/mol. The van der Waals surface area contributed by atoms with Crippen molar-refractivity contribution in [3.63, 3.8) is 0 Å². The fourth-order valence-corrected chi connectivity index (χ4v) is 3.16. The summed E-state index contributed by atoms with van der Waals surface area (Å²) in [5, 5.41) is 61.6. The Labute approximate surface area is 150 Å². The van der Waals surface area contributed by atoms with Crippen LogP contribution in [0.2, 0.25) is 0 Å². The molecule has 0 aliphatic carbocycles. The molecule has 26 heavy (non-hydrogen) atoms. The lowest BCUT2D eigenvalue weighted by atomic mass is 10.1. The molecule has 3 unspecified atom stereocenters. The van der Waals surface area contributed by atoms with Gasteiger partial charge in [0.25, 0.3) is 5.69 Å². The number of nitro groups is 1. The molecule has 0 fully saturated rings. The van der Waals surface area contributed by atoms with Crippen LogP contribution in [0, 0.1) is 10.1 Å². The summed E-state index contributed by atoms with van der Waals surface area (Å²) in [4.78, 5) is 10.2. The van der Waals surface area contributed by atoms with Crippen molar-refractivity contribution in [2.24, 2.45) is 5.10 Å². The zero-order chi connectivity index (χ0) is 18.8. The van der Waals surface area contributed by atoms with E-state index in [0.717, 1.165) is 0 Å². The van der Waals surface area contributed by atoms with Gasteiger partial charge < -0.3 is 20.4 Å². The minimum atomic E-state index is -1.67. The number of non-ortho nitro benzene ring substituents is 1. The van der Waals surface area contributed by atoms with Crippen LogP contribution in [0.25, 0.3) is 0 Å². The molecule has 0 radical (unpaired) electrons. The van der Waals surface area contributed by atoms with Gasteiger partial charge >= 0.3 is 0 Å². The summed E-state index contributed by atoms with van der Waals surface area (Å²) >= 11 is 1.29. The van der Waals surface area contributed by atoms with E-state index in [4.69, 9.17) is 5.11 Å². The molecular formula is C14H15N5O6S. The van der Waals surface area contributed by atoms with Crippen LogP contribution in [0.3, 0.4) is 0 Å². The lowest BCUT2D eigenvalue weighted by molar-refractivity contribution is -0.384. The number of hydrogen-bond donors (Lipinski definition) is 4. The van der Waals surface area contributed by atoms with Crippen molar-refractivity contribution in [2.45, 2.75) is 23.5 Å². The molecule has 11 nitrogen and oxygen atoms in total. The van der Waals surface area contributed by atoms with Crippen LogP contribution >= 0.6 is 11.8 Å². The normalized spacial score (nSPS) is 17.2. The number of fused-ring (bicyclic) bond motifs is 1. The van der Waals surface area contributed by atoms with Crippen LogP contribution in [-0.4, -0.2) is 70.5 Å². The molecule has 2 heterocycles. The molecule has 0 saturated heterocycles. The lowest BCUT2D eigenvalue weighted by Crippen LogP contribution is -2.36. The second kappa shape index (κ2) is 7.47. The van der Waals surface area contributed by atoms with Crippen LogP contribution in [0.5, 0.6) is 0 Å². The van der Waals surface area contributed by atoms with Crippen molar-refractivity contribution >= 4 is 23.2 Å². The van der Waals surface area contributed by atoms with E-state index in [-0.39, 0.29) is 11.5 Å². The molecule has 3 rings (SSSR count). The van der Waals surface area contributed by atoms with Crippen LogP contribution < -0.4 is 0 Å². The highest BCUT2D eigenvalue weighted by Gasteiger charge is 2.32. The second-order valence-corrected chi connectivity index (χ2v) is 6.42. The fraction of sp³-hybridized carbons (Fsp3) is 0.357. The third-order valence-corrected chi connectivity index (χ3v) is 4.71. The molecule has 3 atom stereocenters. The van der Waals surface area contributed by atoms with Gasteiger partial charge in [-0.2, -0.15) is 9.78 Å². The Bertz CT molecular complexity index is 839. The minimum absolute atomic E-state index is 0.0416. The molecule has 2 aromatic rings. The van der Waals surface area contributed by atoms with Gasteiger partial charge in [-0.3, -0.25) is 10.1 Å². The van der Waals surface area contributed by atoms with Gasteiger partial charge in [0.1, 0.15) is 18.3 Å². The third-order valence-electron chi connectivity index (χ3n) is 3.78. The summed E-state index contributed by atoms with van der Waals surface area (Å²) in [6.45, 7) is -0.731. The van der Waals surface area contributed by atoms with Gasteiger partial charge in [-0.05, 0) is 17.7 Å². The summed E-state index contributed by atoms with van der Waals surface area (Å²) in [7, 11) is 0. The molecule has 4 N–H and O–H groups in total. The van der Waals surface area contributed by atoms with Gasteiger partial charge in [0.05, 0.1) is 17.2 Å². The van der Waals surface area contributed by atoms with Crippen LogP contribution in [0.1, 0.15) is 17.5 Å². The van der Waals surface area contributed by atoms with Gasteiger partial charge in [0.15, 0.2) is 5.82 Å². The highest BCUT2D eigenvalue weighted by atomic mass is 32.2. The fourth-order valence-electron chi connectivity index (χ4n) is 2.32. The number of nitrogens with zero attached hydrogens (tertiary/aromatic N) is 5.